The van der Waals surface area contributed by atoms with Gasteiger partial charge in [-0.2, -0.15) is 5.10 Å². The Bertz CT molecular complexity index is 1380. The van der Waals surface area contributed by atoms with Crippen molar-refractivity contribution in [1.29, 1.82) is 0 Å². The monoisotopic (exact) mass is 447 g/mol. The van der Waals surface area contributed by atoms with E-state index in [0.29, 0.717) is 22.1 Å². The van der Waals surface area contributed by atoms with Crippen molar-refractivity contribution >= 4 is 40.9 Å². The molecule has 0 aliphatic heterocycles. The molecule has 0 spiro atoms. The number of fused-ring (bicyclic) bond motifs is 1. The van der Waals surface area contributed by atoms with Crippen LogP contribution in [0.4, 0.5) is 5.69 Å². The van der Waals surface area contributed by atoms with Crippen molar-refractivity contribution in [3.8, 4) is 22.0 Å². The van der Waals surface area contributed by atoms with Crippen LogP contribution in [0, 0.1) is 4.77 Å². The first-order valence-electron chi connectivity index (χ1n) is 9.52. The summed E-state index contributed by atoms with van der Waals surface area (Å²) in [6, 6.07) is 12.8. The number of aromatic nitrogens is 6. The third kappa shape index (κ3) is 3.66. The lowest BCUT2D eigenvalue weighted by Crippen LogP contribution is -2.24. The smallest absolute Gasteiger partial charge is 0.247 e. The minimum Gasteiger partial charge on any atom is -0.324 e. The number of carbonyl (C=O) groups is 1. The molecular weight excluding hydrogens is 430 g/mol. The Balaban J connectivity index is 1.35. The van der Waals surface area contributed by atoms with Gasteiger partial charge in [0, 0.05) is 29.8 Å². The fourth-order valence-electron chi connectivity index (χ4n) is 3.30. The van der Waals surface area contributed by atoms with E-state index in [1.165, 1.54) is 0 Å². The van der Waals surface area contributed by atoms with E-state index >= 15 is 0 Å². The summed E-state index contributed by atoms with van der Waals surface area (Å²) < 4.78 is 4.00. The molecule has 1 aromatic carbocycles. The number of nitrogens with one attached hydrogen (secondary N) is 2. The summed E-state index contributed by atoms with van der Waals surface area (Å²) in [5.74, 6) is 1.11. The lowest BCUT2D eigenvalue weighted by atomic mass is 10.1. The molecule has 8 nitrogen and oxygen atoms in total. The highest BCUT2D eigenvalue weighted by atomic mass is 32.1. The second-order valence-electron chi connectivity index (χ2n) is 6.90. The van der Waals surface area contributed by atoms with Crippen molar-refractivity contribution in [1.82, 2.24) is 29.1 Å². The maximum absolute atomic E-state index is 12.9. The first-order valence-corrected chi connectivity index (χ1v) is 10.8. The Kier molecular flexibility index (Phi) is 4.92. The van der Waals surface area contributed by atoms with Crippen LogP contribution in [0.2, 0.25) is 0 Å². The summed E-state index contributed by atoms with van der Waals surface area (Å²) >= 11 is 6.90. The zero-order chi connectivity index (χ0) is 21.4. The fraction of sp³-hybridized carbons (Fsp3) is 0.0952. The van der Waals surface area contributed by atoms with Crippen molar-refractivity contribution < 1.29 is 4.79 Å². The highest BCUT2D eigenvalue weighted by molar-refractivity contribution is 7.71. The Morgan fingerprint density at radius 2 is 2.06 bits per heavy atom. The van der Waals surface area contributed by atoms with E-state index in [4.69, 9.17) is 12.2 Å². The third-order valence-electron chi connectivity index (χ3n) is 4.90. The summed E-state index contributed by atoms with van der Waals surface area (Å²) in [5, 5.41) is 12.0. The number of imidazole rings is 1. The fourth-order valence-corrected chi connectivity index (χ4v) is 4.30. The SMILES string of the molecule is CC(C(=O)Nc1ccc(-c2cn3cccnc3n2)cc1)n1c(-c2cccs2)n[nH]c1=S. The number of hydrogen-bond donors (Lipinski definition) is 2. The molecule has 10 heteroatoms. The number of nitrogens with zero attached hydrogens (tertiary/aromatic N) is 5. The number of hydrogen-bond acceptors (Lipinski definition) is 6. The minimum atomic E-state index is -0.535. The molecule has 5 rings (SSSR count). The summed E-state index contributed by atoms with van der Waals surface area (Å²) in [4.78, 5) is 22.6. The van der Waals surface area contributed by atoms with Gasteiger partial charge in [-0.25, -0.2) is 9.97 Å². The Labute approximate surface area is 186 Å². The number of rotatable bonds is 5. The molecular formula is C21H17N7OS2. The van der Waals surface area contributed by atoms with Gasteiger partial charge in [-0.15, -0.1) is 11.3 Å². The van der Waals surface area contributed by atoms with E-state index in [-0.39, 0.29) is 5.91 Å². The molecule has 1 unspecified atom stereocenters. The summed E-state index contributed by atoms with van der Waals surface area (Å²) in [5.41, 5.74) is 2.44. The lowest BCUT2D eigenvalue weighted by Gasteiger charge is -2.15. The van der Waals surface area contributed by atoms with Crippen molar-refractivity contribution in [3.05, 3.63) is 71.2 Å². The van der Waals surface area contributed by atoms with Crippen LogP contribution in [0.3, 0.4) is 0 Å². The van der Waals surface area contributed by atoms with Crippen LogP contribution in [-0.4, -0.2) is 35.0 Å². The molecule has 2 N–H and O–H groups in total. The number of H-pyrrole nitrogens is 1. The van der Waals surface area contributed by atoms with Gasteiger partial charge in [0.15, 0.2) is 10.6 Å². The van der Waals surface area contributed by atoms with E-state index in [2.05, 4.69) is 25.5 Å². The maximum Gasteiger partial charge on any atom is 0.247 e. The molecule has 1 amide bonds. The van der Waals surface area contributed by atoms with E-state index < -0.39 is 6.04 Å². The molecule has 154 valence electrons. The van der Waals surface area contributed by atoms with Crippen LogP contribution in [0.5, 0.6) is 0 Å². The van der Waals surface area contributed by atoms with Gasteiger partial charge < -0.3 is 5.32 Å². The Morgan fingerprint density at radius 3 is 2.81 bits per heavy atom. The normalized spacial score (nSPS) is 12.2. The minimum absolute atomic E-state index is 0.181. The van der Waals surface area contributed by atoms with Gasteiger partial charge in [0.1, 0.15) is 6.04 Å². The van der Waals surface area contributed by atoms with Crippen LogP contribution in [0.25, 0.3) is 27.7 Å². The zero-order valence-electron chi connectivity index (χ0n) is 16.4. The predicted molar refractivity (Wildman–Crippen MR) is 122 cm³/mol. The van der Waals surface area contributed by atoms with Crippen LogP contribution in [0.15, 0.2) is 66.4 Å². The van der Waals surface area contributed by atoms with Crippen LogP contribution >= 0.6 is 23.6 Å². The van der Waals surface area contributed by atoms with E-state index in [1.54, 1.807) is 29.0 Å². The van der Waals surface area contributed by atoms with E-state index in [9.17, 15) is 4.79 Å². The van der Waals surface area contributed by atoms with Gasteiger partial charge in [-0.1, -0.05) is 18.2 Å². The quantitative estimate of drug-likeness (QED) is 0.385. The predicted octanol–water partition coefficient (Wildman–Crippen LogP) is 4.58. The molecule has 31 heavy (non-hydrogen) atoms. The number of carbonyl (C=O) groups excluding carboxylic acids is 1. The average Bonchev–Trinajstić information content (AvgIpc) is 3.53. The van der Waals surface area contributed by atoms with Gasteiger partial charge in [-0.05, 0) is 48.8 Å². The zero-order valence-corrected chi connectivity index (χ0v) is 18.0. The van der Waals surface area contributed by atoms with Gasteiger partial charge >= 0.3 is 0 Å². The molecule has 0 aliphatic carbocycles. The molecule has 5 aromatic rings. The van der Waals surface area contributed by atoms with E-state index in [1.807, 2.05) is 64.6 Å². The molecule has 1 atom stereocenters. The maximum atomic E-state index is 12.9. The highest BCUT2D eigenvalue weighted by Gasteiger charge is 2.21. The molecule has 4 aromatic heterocycles. The second kappa shape index (κ2) is 7.89. The topological polar surface area (TPSA) is 92.9 Å². The number of benzene rings is 1. The lowest BCUT2D eigenvalue weighted by molar-refractivity contribution is -0.118. The highest BCUT2D eigenvalue weighted by Crippen LogP contribution is 2.26. The van der Waals surface area contributed by atoms with Gasteiger partial charge in [0.05, 0.1) is 10.6 Å². The summed E-state index contributed by atoms with van der Waals surface area (Å²) in [6.45, 7) is 1.80. The van der Waals surface area contributed by atoms with E-state index in [0.717, 1.165) is 16.1 Å². The number of aromatic amines is 1. The molecule has 0 fully saturated rings. The summed E-state index contributed by atoms with van der Waals surface area (Å²) in [7, 11) is 0. The molecule has 0 saturated carbocycles. The Morgan fingerprint density at radius 1 is 1.23 bits per heavy atom. The standard InChI is InChI=1S/C21H17N7OS2/c1-13(28-18(25-26-21(28)30)17-4-2-11-31-17)19(29)23-15-7-5-14(6-8-15)16-12-27-10-3-9-22-20(27)24-16/h2-13H,1H3,(H,23,29)(H,26,30). The first kappa shape index (κ1) is 19.3. The van der Waals surface area contributed by atoms with Crippen molar-refractivity contribution in [3.63, 3.8) is 0 Å². The number of amides is 1. The molecule has 0 saturated heterocycles. The van der Waals surface area contributed by atoms with Crippen LogP contribution in [0.1, 0.15) is 13.0 Å². The number of thiophene rings is 1. The van der Waals surface area contributed by atoms with Crippen molar-refractivity contribution in [2.24, 2.45) is 0 Å². The molecule has 0 aliphatic rings. The largest absolute Gasteiger partial charge is 0.324 e. The van der Waals surface area contributed by atoms with Gasteiger partial charge in [0.2, 0.25) is 11.7 Å². The van der Waals surface area contributed by atoms with Crippen LogP contribution in [-0.2, 0) is 4.79 Å². The van der Waals surface area contributed by atoms with Crippen molar-refractivity contribution in [2.45, 2.75) is 13.0 Å². The van der Waals surface area contributed by atoms with Crippen molar-refractivity contribution in [2.75, 3.05) is 5.32 Å². The molecule has 4 heterocycles. The Hall–Kier alpha value is -3.63. The number of anilines is 1. The third-order valence-corrected chi connectivity index (χ3v) is 6.05. The van der Waals surface area contributed by atoms with Gasteiger partial charge in [0.25, 0.3) is 0 Å². The summed E-state index contributed by atoms with van der Waals surface area (Å²) in [6.07, 6.45) is 5.53. The van der Waals surface area contributed by atoms with Gasteiger partial charge in [-0.3, -0.25) is 18.9 Å². The van der Waals surface area contributed by atoms with Crippen LogP contribution < -0.4 is 5.32 Å². The first-order chi connectivity index (χ1) is 15.1. The molecule has 0 radical (unpaired) electrons. The average molecular weight is 448 g/mol. The second-order valence-corrected chi connectivity index (χ2v) is 8.23. The molecule has 0 bridgehead atoms.